The molecule has 0 radical (unpaired) electrons. The Labute approximate surface area is 118 Å². The molecule has 1 unspecified atom stereocenters. The van der Waals surface area contributed by atoms with Crippen molar-refractivity contribution in [3.8, 4) is 0 Å². The van der Waals surface area contributed by atoms with E-state index in [1.54, 1.807) is 6.26 Å². The predicted octanol–water partition coefficient (Wildman–Crippen LogP) is 2.82. The molecule has 20 heavy (non-hydrogen) atoms. The number of nitrogens with zero attached hydrogens (tertiary/aromatic N) is 1. The molecule has 5 heteroatoms. The summed E-state index contributed by atoms with van der Waals surface area (Å²) in [5.41, 5.74) is 2.13. The average molecular weight is 270 g/mol. The van der Waals surface area contributed by atoms with Crippen molar-refractivity contribution < 1.29 is 4.42 Å². The fraction of sp³-hybridized carbons (Fsp3) is 0.267. The van der Waals surface area contributed by atoms with Gasteiger partial charge in [0.05, 0.1) is 12.8 Å². The molecule has 1 aromatic heterocycles. The van der Waals surface area contributed by atoms with Crippen LogP contribution in [0.15, 0.2) is 52.1 Å². The molecule has 1 atom stereocenters. The van der Waals surface area contributed by atoms with Gasteiger partial charge in [-0.1, -0.05) is 0 Å². The summed E-state index contributed by atoms with van der Waals surface area (Å²) >= 11 is 0. The minimum atomic E-state index is 0.119. The molecule has 0 fully saturated rings. The highest BCUT2D eigenvalue weighted by atomic mass is 16.3. The van der Waals surface area contributed by atoms with Crippen molar-refractivity contribution in [2.75, 3.05) is 23.7 Å². The Morgan fingerprint density at radius 2 is 2.05 bits per heavy atom. The summed E-state index contributed by atoms with van der Waals surface area (Å²) in [4.78, 5) is 4.45. The van der Waals surface area contributed by atoms with E-state index in [9.17, 15) is 0 Å². The molecule has 1 aromatic carbocycles. The van der Waals surface area contributed by atoms with Crippen LogP contribution in [0.25, 0.3) is 0 Å². The first-order chi connectivity index (χ1) is 9.85. The molecule has 2 aromatic rings. The number of rotatable bonds is 4. The first-order valence-electron chi connectivity index (χ1n) is 6.80. The minimum absolute atomic E-state index is 0.119. The lowest BCUT2D eigenvalue weighted by Crippen LogP contribution is -2.28. The molecule has 1 aliphatic heterocycles. The van der Waals surface area contributed by atoms with Gasteiger partial charge in [-0.3, -0.25) is 4.99 Å². The summed E-state index contributed by atoms with van der Waals surface area (Å²) in [5, 5.41) is 9.85. The number of aliphatic imine (C=N–C) groups is 1. The van der Waals surface area contributed by atoms with Gasteiger partial charge in [0.1, 0.15) is 11.8 Å². The molecular weight excluding hydrogens is 252 g/mol. The Kier molecular flexibility index (Phi) is 3.58. The highest BCUT2D eigenvalue weighted by Gasteiger charge is 2.21. The second kappa shape index (κ2) is 5.69. The molecule has 0 spiro atoms. The van der Waals surface area contributed by atoms with Gasteiger partial charge in [0, 0.05) is 17.9 Å². The smallest absolute Gasteiger partial charge is 0.196 e. The molecule has 1 aliphatic rings. The van der Waals surface area contributed by atoms with Crippen LogP contribution in [0.1, 0.15) is 18.7 Å². The second-order valence-electron chi connectivity index (χ2n) is 4.63. The fourth-order valence-corrected chi connectivity index (χ4v) is 2.18. The van der Waals surface area contributed by atoms with Crippen LogP contribution in [0, 0.1) is 0 Å². The van der Waals surface area contributed by atoms with Crippen LogP contribution < -0.4 is 16.0 Å². The summed E-state index contributed by atoms with van der Waals surface area (Å²) in [6.07, 6.45) is 1.68. The lowest BCUT2D eigenvalue weighted by molar-refractivity contribution is 0.461. The molecule has 0 saturated heterocycles. The molecule has 0 amide bonds. The van der Waals surface area contributed by atoms with Crippen LogP contribution in [0.3, 0.4) is 0 Å². The number of hydrogen-bond donors (Lipinski definition) is 3. The van der Waals surface area contributed by atoms with Crippen LogP contribution in [-0.4, -0.2) is 19.0 Å². The quantitative estimate of drug-likeness (QED) is 0.799. The van der Waals surface area contributed by atoms with E-state index >= 15 is 0 Å². The van der Waals surface area contributed by atoms with Gasteiger partial charge in [-0.2, -0.15) is 0 Å². The van der Waals surface area contributed by atoms with E-state index in [4.69, 9.17) is 4.42 Å². The zero-order valence-corrected chi connectivity index (χ0v) is 11.4. The third kappa shape index (κ3) is 2.77. The Morgan fingerprint density at radius 3 is 2.75 bits per heavy atom. The molecule has 3 rings (SSSR count). The van der Waals surface area contributed by atoms with E-state index in [0.717, 1.165) is 29.6 Å². The van der Waals surface area contributed by atoms with Gasteiger partial charge in [0.2, 0.25) is 0 Å². The summed E-state index contributed by atoms with van der Waals surface area (Å²) in [7, 11) is 0. The second-order valence-corrected chi connectivity index (χ2v) is 4.63. The highest BCUT2D eigenvalue weighted by Crippen LogP contribution is 2.19. The maximum Gasteiger partial charge on any atom is 0.196 e. The van der Waals surface area contributed by atoms with Crippen LogP contribution in [0.2, 0.25) is 0 Å². The van der Waals surface area contributed by atoms with E-state index in [1.807, 2.05) is 36.4 Å². The Morgan fingerprint density at radius 1 is 1.25 bits per heavy atom. The Bertz CT molecular complexity index is 574. The lowest BCUT2D eigenvalue weighted by Gasteiger charge is -2.11. The third-order valence-electron chi connectivity index (χ3n) is 3.16. The monoisotopic (exact) mass is 270 g/mol. The van der Waals surface area contributed by atoms with E-state index in [-0.39, 0.29) is 6.04 Å². The number of anilines is 2. The van der Waals surface area contributed by atoms with Crippen molar-refractivity contribution in [1.82, 2.24) is 5.32 Å². The maximum absolute atomic E-state index is 5.39. The molecule has 0 aliphatic carbocycles. The first-order valence-corrected chi connectivity index (χ1v) is 6.80. The molecular formula is C15H18N4O. The van der Waals surface area contributed by atoms with Gasteiger partial charge >= 0.3 is 0 Å². The van der Waals surface area contributed by atoms with Crippen LogP contribution >= 0.6 is 0 Å². The Hall–Kier alpha value is -2.43. The summed E-state index contributed by atoms with van der Waals surface area (Å²) in [5.74, 6) is 1.69. The molecule has 0 bridgehead atoms. The van der Waals surface area contributed by atoms with Gasteiger partial charge in [-0.15, -0.1) is 0 Å². The van der Waals surface area contributed by atoms with Gasteiger partial charge in [-0.05, 0) is 43.3 Å². The maximum atomic E-state index is 5.39. The van der Waals surface area contributed by atoms with Crippen LogP contribution in [-0.2, 0) is 0 Å². The fourth-order valence-electron chi connectivity index (χ4n) is 2.18. The van der Waals surface area contributed by atoms with Crippen LogP contribution in [0.5, 0.6) is 0 Å². The molecule has 2 heterocycles. The number of benzene rings is 1. The highest BCUT2D eigenvalue weighted by molar-refractivity contribution is 5.95. The van der Waals surface area contributed by atoms with E-state index in [0.29, 0.717) is 6.54 Å². The normalized spacial score (nSPS) is 17.4. The van der Waals surface area contributed by atoms with Gasteiger partial charge in [-0.25, -0.2) is 0 Å². The molecule has 3 N–H and O–H groups in total. The number of furan rings is 1. The van der Waals surface area contributed by atoms with Gasteiger partial charge in [0.15, 0.2) is 5.96 Å². The van der Waals surface area contributed by atoms with Crippen molar-refractivity contribution >= 4 is 17.3 Å². The first kappa shape index (κ1) is 12.6. The van der Waals surface area contributed by atoms with E-state index in [1.165, 1.54) is 0 Å². The van der Waals surface area contributed by atoms with Crippen molar-refractivity contribution in [3.05, 3.63) is 48.4 Å². The van der Waals surface area contributed by atoms with Crippen molar-refractivity contribution in [2.45, 2.75) is 13.0 Å². The van der Waals surface area contributed by atoms with Gasteiger partial charge < -0.3 is 20.4 Å². The topological polar surface area (TPSA) is 61.6 Å². The van der Waals surface area contributed by atoms with E-state index in [2.05, 4.69) is 27.9 Å². The van der Waals surface area contributed by atoms with Crippen molar-refractivity contribution in [2.24, 2.45) is 4.99 Å². The minimum Gasteiger partial charge on any atom is -0.467 e. The Balaban J connectivity index is 1.59. The number of hydrogen-bond acceptors (Lipinski definition) is 5. The van der Waals surface area contributed by atoms with Gasteiger partial charge in [0.25, 0.3) is 0 Å². The predicted molar refractivity (Wildman–Crippen MR) is 81.1 cm³/mol. The van der Waals surface area contributed by atoms with Crippen LogP contribution in [0.4, 0.5) is 11.4 Å². The lowest BCUT2D eigenvalue weighted by atomic mass is 10.2. The number of nitrogens with one attached hydrogen (secondary N) is 3. The SMILES string of the molecule is CCNc1ccc(NC2=NCC(c3ccco3)N2)cc1. The average Bonchev–Trinajstić information content (AvgIpc) is 3.12. The largest absolute Gasteiger partial charge is 0.467 e. The summed E-state index contributed by atoms with van der Waals surface area (Å²) in [6.45, 7) is 3.69. The summed E-state index contributed by atoms with van der Waals surface area (Å²) < 4.78 is 5.39. The summed E-state index contributed by atoms with van der Waals surface area (Å²) in [6, 6.07) is 12.1. The molecule has 5 nitrogen and oxygen atoms in total. The standard InChI is InChI=1S/C15H18N4O/c1-2-16-11-5-7-12(8-6-11)18-15-17-10-13(19-15)14-4-3-9-20-14/h3-9,13,16H,2,10H2,1H3,(H2,17,18,19). The van der Waals surface area contributed by atoms with Crippen molar-refractivity contribution in [3.63, 3.8) is 0 Å². The third-order valence-corrected chi connectivity index (χ3v) is 3.16. The number of guanidine groups is 1. The molecule has 104 valence electrons. The van der Waals surface area contributed by atoms with Crippen molar-refractivity contribution in [1.29, 1.82) is 0 Å². The zero-order chi connectivity index (χ0) is 13.8. The molecule has 0 saturated carbocycles. The van der Waals surface area contributed by atoms with E-state index < -0.39 is 0 Å². The zero-order valence-electron chi connectivity index (χ0n) is 11.4.